The lowest BCUT2D eigenvalue weighted by molar-refractivity contribution is 0.380. The summed E-state index contributed by atoms with van der Waals surface area (Å²) in [6.07, 6.45) is 0.981. The molecule has 0 radical (unpaired) electrons. The summed E-state index contributed by atoms with van der Waals surface area (Å²) in [4.78, 5) is 0. The largest absolute Gasteiger partial charge is 0.314 e. The third-order valence-corrected chi connectivity index (χ3v) is 7.98. The number of sulfone groups is 1. The van der Waals surface area contributed by atoms with E-state index in [-0.39, 0.29) is 12.3 Å². The van der Waals surface area contributed by atoms with Gasteiger partial charge in [0.2, 0.25) is 10.0 Å². The van der Waals surface area contributed by atoms with Crippen molar-refractivity contribution in [1.29, 1.82) is 0 Å². The molecule has 6 nitrogen and oxygen atoms in total. The highest BCUT2D eigenvalue weighted by Gasteiger charge is 2.44. The predicted octanol–water partition coefficient (Wildman–Crippen LogP) is -0.855. The Labute approximate surface area is 102 Å². The minimum absolute atomic E-state index is 0.103. The van der Waals surface area contributed by atoms with Crippen molar-refractivity contribution in [2.24, 2.45) is 0 Å². The van der Waals surface area contributed by atoms with E-state index in [0.717, 1.165) is 0 Å². The summed E-state index contributed by atoms with van der Waals surface area (Å²) in [6.45, 7) is 2.75. The van der Waals surface area contributed by atoms with Crippen LogP contribution in [0, 0.1) is 0 Å². The van der Waals surface area contributed by atoms with Crippen molar-refractivity contribution in [1.82, 2.24) is 9.62 Å². The van der Waals surface area contributed by atoms with Crippen LogP contribution in [0.5, 0.6) is 0 Å². The molecule has 0 aliphatic carbocycles. The van der Waals surface area contributed by atoms with Gasteiger partial charge in [0.25, 0.3) is 0 Å². The van der Waals surface area contributed by atoms with Gasteiger partial charge in [0.15, 0.2) is 9.84 Å². The molecule has 2 atom stereocenters. The normalized spacial score (nSPS) is 37.7. The van der Waals surface area contributed by atoms with Gasteiger partial charge < -0.3 is 5.32 Å². The molecule has 2 aliphatic heterocycles. The predicted molar refractivity (Wildman–Crippen MR) is 64.8 cm³/mol. The molecule has 100 valence electrons. The van der Waals surface area contributed by atoms with E-state index in [9.17, 15) is 16.8 Å². The molecular formula is C9H18N2O4S2. The van der Waals surface area contributed by atoms with Gasteiger partial charge in [-0.25, -0.2) is 16.8 Å². The van der Waals surface area contributed by atoms with Crippen LogP contribution in [0.4, 0.5) is 0 Å². The maximum Gasteiger partial charge on any atom is 0.219 e. The minimum Gasteiger partial charge on any atom is -0.314 e. The Morgan fingerprint density at radius 2 is 1.94 bits per heavy atom. The maximum atomic E-state index is 12.2. The van der Waals surface area contributed by atoms with Crippen molar-refractivity contribution < 1.29 is 16.8 Å². The van der Waals surface area contributed by atoms with Crippen LogP contribution >= 0.6 is 0 Å². The van der Waals surface area contributed by atoms with E-state index in [2.05, 4.69) is 5.32 Å². The van der Waals surface area contributed by atoms with Gasteiger partial charge in [0, 0.05) is 19.6 Å². The Morgan fingerprint density at radius 1 is 1.24 bits per heavy atom. The second-order valence-corrected chi connectivity index (χ2v) is 9.22. The molecule has 0 aromatic heterocycles. The molecule has 0 saturated carbocycles. The van der Waals surface area contributed by atoms with Crippen molar-refractivity contribution >= 4 is 19.9 Å². The van der Waals surface area contributed by atoms with Gasteiger partial charge in [-0.15, -0.1) is 0 Å². The van der Waals surface area contributed by atoms with E-state index in [1.54, 1.807) is 6.92 Å². The SMILES string of the molecule is CC1CNCCN(C2CCCS2(=O)=O)S1(=O)=O. The quantitative estimate of drug-likeness (QED) is 0.677. The lowest BCUT2D eigenvalue weighted by Crippen LogP contribution is -2.46. The molecule has 8 heteroatoms. The van der Waals surface area contributed by atoms with E-state index in [4.69, 9.17) is 0 Å². The van der Waals surface area contributed by atoms with Gasteiger partial charge in [-0.2, -0.15) is 4.31 Å². The van der Waals surface area contributed by atoms with Gasteiger partial charge in [-0.1, -0.05) is 0 Å². The second kappa shape index (κ2) is 4.49. The molecule has 0 amide bonds. The van der Waals surface area contributed by atoms with Gasteiger partial charge in [-0.3, -0.25) is 0 Å². The number of hydrogen-bond donors (Lipinski definition) is 1. The molecule has 2 fully saturated rings. The summed E-state index contributed by atoms with van der Waals surface area (Å²) in [5.74, 6) is 0.103. The van der Waals surface area contributed by atoms with Crippen LogP contribution in [0.1, 0.15) is 19.8 Å². The maximum absolute atomic E-state index is 12.2. The zero-order chi connectivity index (χ0) is 12.7. The van der Waals surface area contributed by atoms with E-state index >= 15 is 0 Å². The van der Waals surface area contributed by atoms with Crippen LogP contribution in [-0.4, -0.2) is 57.2 Å². The fourth-order valence-electron chi connectivity index (χ4n) is 2.36. The van der Waals surface area contributed by atoms with E-state index in [0.29, 0.717) is 25.9 Å². The minimum atomic E-state index is -3.50. The summed E-state index contributed by atoms with van der Waals surface area (Å²) >= 11 is 0. The van der Waals surface area contributed by atoms with Crippen LogP contribution in [0.3, 0.4) is 0 Å². The molecule has 0 aromatic rings. The molecule has 0 aromatic carbocycles. The fraction of sp³-hybridized carbons (Fsp3) is 1.00. The standard InChI is InChI=1S/C9H18N2O4S2/c1-8-7-10-4-5-11(17(8,14)15)9-3-2-6-16(9,12)13/h8-10H,2-7H2,1H3. The Kier molecular flexibility index (Phi) is 3.50. The zero-order valence-corrected chi connectivity index (χ0v) is 11.4. The van der Waals surface area contributed by atoms with Crippen molar-refractivity contribution in [3.63, 3.8) is 0 Å². The number of rotatable bonds is 1. The highest BCUT2D eigenvalue weighted by atomic mass is 32.2. The highest BCUT2D eigenvalue weighted by molar-refractivity contribution is 7.94. The molecule has 2 heterocycles. The molecule has 2 saturated heterocycles. The van der Waals surface area contributed by atoms with Crippen molar-refractivity contribution in [2.75, 3.05) is 25.4 Å². The van der Waals surface area contributed by atoms with Crippen LogP contribution in [0.2, 0.25) is 0 Å². The summed E-state index contributed by atoms with van der Waals surface area (Å²) in [5, 5.41) is 1.61. The van der Waals surface area contributed by atoms with Crippen molar-refractivity contribution in [3.05, 3.63) is 0 Å². The second-order valence-electron chi connectivity index (χ2n) is 4.63. The molecule has 0 bridgehead atoms. The summed E-state index contributed by atoms with van der Waals surface area (Å²) < 4.78 is 49.3. The number of sulfonamides is 1. The fourth-order valence-corrected chi connectivity index (χ4v) is 6.52. The average molecular weight is 282 g/mol. The third kappa shape index (κ3) is 2.35. The molecule has 2 rings (SSSR count). The van der Waals surface area contributed by atoms with Gasteiger partial charge in [-0.05, 0) is 19.8 Å². The first-order chi connectivity index (χ1) is 7.86. The first-order valence-corrected chi connectivity index (χ1v) is 9.00. The van der Waals surface area contributed by atoms with Gasteiger partial charge in [0.05, 0.1) is 11.0 Å². The Bertz CT molecular complexity index is 485. The monoisotopic (exact) mass is 282 g/mol. The number of nitrogens with one attached hydrogen (secondary N) is 1. The Hall–Kier alpha value is -0.180. The van der Waals surface area contributed by atoms with E-state index in [1.807, 2.05) is 0 Å². The Balaban J connectivity index is 2.36. The average Bonchev–Trinajstić information content (AvgIpc) is 2.51. The summed E-state index contributed by atoms with van der Waals surface area (Å²) in [5.41, 5.74) is 0. The third-order valence-electron chi connectivity index (χ3n) is 3.39. The first-order valence-electron chi connectivity index (χ1n) is 5.78. The Morgan fingerprint density at radius 3 is 2.53 bits per heavy atom. The topological polar surface area (TPSA) is 83.6 Å². The smallest absolute Gasteiger partial charge is 0.219 e. The van der Waals surface area contributed by atoms with Crippen molar-refractivity contribution in [3.8, 4) is 0 Å². The van der Waals surface area contributed by atoms with Crippen LogP contribution in [0.25, 0.3) is 0 Å². The van der Waals surface area contributed by atoms with E-state index < -0.39 is 30.5 Å². The molecule has 2 aliphatic rings. The molecule has 2 unspecified atom stereocenters. The van der Waals surface area contributed by atoms with Crippen LogP contribution < -0.4 is 5.32 Å². The number of nitrogens with zero attached hydrogens (tertiary/aromatic N) is 1. The number of hydrogen-bond acceptors (Lipinski definition) is 5. The molecular weight excluding hydrogens is 264 g/mol. The molecule has 17 heavy (non-hydrogen) atoms. The zero-order valence-electron chi connectivity index (χ0n) is 9.79. The molecule has 1 N–H and O–H groups in total. The summed E-state index contributed by atoms with van der Waals surface area (Å²) in [7, 11) is -6.78. The van der Waals surface area contributed by atoms with Crippen molar-refractivity contribution in [2.45, 2.75) is 30.4 Å². The van der Waals surface area contributed by atoms with E-state index in [1.165, 1.54) is 4.31 Å². The first kappa shape index (κ1) is 13.3. The van der Waals surface area contributed by atoms with Crippen LogP contribution in [0.15, 0.2) is 0 Å². The van der Waals surface area contributed by atoms with Crippen LogP contribution in [-0.2, 0) is 19.9 Å². The lowest BCUT2D eigenvalue weighted by atomic mass is 10.3. The summed E-state index contributed by atoms with van der Waals surface area (Å²) in [6, 6.07) is 0. The highest BCUT2D eigenvalue weighted by Crippen LogP contribution is 2.27. The van der Waals surface area contributed by atoms with Gasteiger partial charge >= 0.3 is 0 Å². The lowest BCUT2D eigenvalue weighted by Gasteiger charge is -2.27. The molecule has 0 spiro atoms. The van der Waals surface area contributed by atoms with Gasteiger partial charge in [0.1, 0.15) is 5.37 Å².